The first-order valence-electron chi connectivity index (χ1n) is 15.2. The average molecular weight is 645 g/mol. The van der Waals surface area contributed by atoms with E-state index in [9.17, 15) is 13.2 Å². The van der Waals surface area contributed by atoms with Gasteiger partial charge in [-0.25, -0.2) is 23.1 Å². The summed E-state index contributed by atoms with van der Waals surface area (Å²) in [6.45, 7) is 14.2. The molecule has 1 atom stereocenters. The number of sulfonamides is 1. The molecule has 0 saturated heterocycles. The maximum absolute atomic E-state index is 14.3. The number of fused-ring (bicyclic) bond motifs is 4. The number of rotatable bonds is 6. The molecular weight excluding hydrogens is 604 g/mol. The number of carbonyl (C=O) groups excluding carboxylic acids is 1. The third kappa shape index (κ3) is 7.79. The highest BCUT2D eigenvalue weighted by Gasteiger charge is 2.32. The van der Waals surface area contributed by atoms with Gasteiger partial charge in [0.2, 0.25) is 17.7 Å². The van der Waals surface area contributed by atoms with Crippen LogP contribution in [0.1, 0.15) is 68.2 Å². The number of aryl methyl sites for hydroxylation is 2. The van der Waals surface area contributed by atoms with Gasteiger partial charge in [0, 0.05) is 17.2 Å². The van der Waals surface area contributed by atoms with Crippen LogP contribution in [-0.4, -0.2) is 57.9 Å². The molecule has 2 aromatic carbocycles. The Bertz CT molecular complexity index is 1830. The van der Waals surface area contributed by atoms with E-state index < -0.39 is 16.1 Å². The minimum Gasteiger partial charge on any atom is -0.475 e. The molecule has 5 rings (SSSR count). The number of aromatic nitrogens is 4. The highest BCUT2D eigenvalue weighted by molar-refractivity contribution is 7.92. The highest BCUT2D eigenvalue weighted by Crippen LogP contribution is 2.31. The fourth-order valence-corrected chi connectivity index (χ4v) is 6.47. The number of ether oxygens (including phenoxy) is 2. The molecule has 11 nitrogen and oxygen atoms in total. The van der Waals surface area contributed by atoms with Crippen LogP contribution in [0, 0.1) is 19.3 Å². The largest absolute Gasteiger partial charge is 0.475 e. The van der Waals surface area contributed by atoms with Gasteiger partial charge in [-0.15, -0.1) is 0 Å². The smallest absolute Gasteiger partial charge is 0.264 e. The summed E-state index contributed by atoms with van der Waals surface area (Å²) in [7, 11) is -4.18. The summed E-state index contributed by atoms with van der Waals surface area (Å²) < 4.78 is 41.9. The second-order valence-electron chi connectivity index (χ2n) is 13.0. The maximum Gasteiger partial charge on any atom is 0.264 e. The van der Waals surface area contributed by atoms with E-state index in [0.29, 0.717) is 23.7 Å². The molecule has 1 aliphatic heterocycles. The van der Waals surface area contributed by atoms with Gasteiger partial charge in [-0.1, -0.05) is 45.0 Å². The third-order valence-electron chi connectivity index (χ3n) is 7.38. The van der Waals surface area contributed by atoms with Crippen LogP contribution in [0.25, 0.3) is 11.3 Å². The predicted molar refractivity (Wildman–Crippen MR) is 175 cm³/mol. The average Bonchev–Trinajstić information content (AvgIpc) is 2.96. The van der Waals surface area contributed by atoms with Crippen LogP contribution in [0.3, 0.4) is 0 Å². The van der Waals surface area contributed by atoms with Crippen molar-refractivity contribution in [3.8, 4) is 23.0 Å². The van der Waals surface area contributed by atoms with Crippen LogP contribution in [0.2, 0.25) is 0 Å². The number of carbonyl (C=O) groups is 1. The Labute approximate surface area is 270 Å². The summed E-state index contributed by atoms with van der Waals surface area (Å²) in [6.07, 6.45) is 3.58. The molecular formula is C34H40N6O5S. The summed E-state index contributed by atoms with van der Waals surface area (Å²) in [4.78, 5) is 33.8. The number of benzene rings is 2. The van der Waals surface area contributed by atoms with Crippen molar-refractivity contribution in [2.75, 3.05) is 11.3 Å². The first-order chi connectivity index (χ1) is 21.7. The van der Waals surface area contributed by atoms with Gasteiger partial charge in [0.1, 0.15) is 6.61 Å². The molecule has 0 saturated carbocycles. The van der Waals surface area contributed by atoms with Crippen molar-refractivity contribution in [1.29, 1.82) is 0 Å². The van der Waals surface area contributed by atoms with Crippen molar-refractivity contribution in [2.24, 2.45) is 5.41 Å². The Morgan fingerprint density at radius 3 is 2.43 bits per heavy atom. The molecule has 4 aromatic rings. The van der Waals surface area contributed by atoms with Gasteiger partial charge in [0.15, 0.2) is 0 Å². The van der Waals surface area contributed by atoms with Gasteiger partial charge < -0.3 is 14.4 Å². The fourth-order valence-electron chi connectivity index (χ4n) is 5.48. The number of nitrogens with one attached hydrogen (secondary N) is 1. The SMILES string of the molecule is Cc1cccc(C)c1-c1cc2nc(n1)NS(=O)(=O)c1cccc(c1)C(=O)N(Cc1cncc(OC(C)C)n1)[C@H](CC(C)(C)C)CO2. The Morgan fingerprint density at radius 1 is 1.02 bits per heavy atom. The summed E-state index contributed by atoms with van der Waals surface area (Å²) in [6, 6.07) is 13.1. The van der Waals surface area contributed by atoms with Crippen molar-refractivity contribution in [2.45, 2.75) is 78.5 Å². The topological polar surface area (TPSA) is 136 Å². The maximum atomic E-state index is 14.3. The van der Waals surface area contributed by atoms with Gasteiger partial charge >= 0.3 is 0 Å². The highest BCUT2D eigenvalue weighted by atomic mass is 32.2. The van der Waals surface area contributed by atoms with Crippen LogP contribution in [0.4, 0.5) is 5.95 Å². The Morgan fingerprint density at radius 2 is 1.74 bits per heavy atom. The molecule has 12 heteroatoms. The first kappa shape index (κ1) is 32.8. The molecule has 1 amide bonds. The second-order valence-corrected chi connectivity index (χ2v) is 14.7. The number of hydrogen-bond donors (Lipinski definition) is 1. The molecule has 0 fully saturated rings. The summed E-state index contributed by atoms with van der Waals surface area (Å²) in [5.74, 6) is 0.0172. The van der Waals surface area contributed by atoms with Crippen molar-refractivity contribution in [1.82, 2.24) is 24.8 Å². The van der Waals surface area contributed by atoms with Crippen molar-refractivity contribution in [3.05, 3.63) is 83.3 Å². The third-order valence-corrected chi connectivity index (χ3v) is 8.71. The van der Waals surface area contributed by atoms with Crippen LogP contribution in [0.15, 0.2) is 65.8 Å². The van der Waals surface area contributed by atoms with Gasteiger partial charge in [-0.05, 0) is 68.9 Å². The quantitative estimate of drug-likeness (QED) is 0.269. The summed E-state index contributed by atoms with van der Waals surface area (Å²) >= 11 is 0. The van der Waals surface area contributed by atoms with Crippen LogP contribution in [0.5, 0.6) is 11.8 Å². The molecule has 0 aliphatic carbocycles. The lowest BCUT2D eigenvalue weighted by molar-refractivity contribution is 0.0508. The van der Waals surface area contributed by atoms with Gasteiger partial charge in [0.05, 0.1) is 47.4 Å². The van der Waals surface area contributed by atoms with Crippen LogP contribution < -0.4 is 14.2 Å². The van der Waals surface area contributed by atoms with E-state index in [0.717, 1.165) is 16.7 Å². The predicted octanol–water partition coefficient (Wildman–Crippen LogP) is 5.98. The zero-order chi connectivity index (χ0) is 33.2. The molecule has 1 aliphatic rings. The molecule has 242 valence electrons. The molecule has 46 heavy (non-hydrogen) atoms. The standard InChI is InChI=1S/C34H40N6O5S/c1-21(2)45-30-18-35-17-25(36-30)19-40-26(16-34(5,6)7)20-44-29-15-28(31-22(3)10-8-11-23(31)4)37-33(38-29)39-46(42,43)27-13-9-12-24(14-27)32(40)41/h8-15,17-18,21,26H,16,19-20H2,1-7H3,(H,37,38,39)/t26-/m1/s1. The normalized spacial score (nSPS) is 16.5. The molecule has 0 spiro atoms. The number of amides is 1. The second kappa shape index (κ2) is 13.0. The van der Waals surface area contributed by atoms with E-state index in [-0.39, 0.29) is 52.9 Å². The van der Waals surface area contributed by atoms with Crippen molar-refractivity contribution >= 4 is 21.9 Å². The number of hydrogen-bond acceptors (Lipinski definition) is 9. The Kier molecular flexibility index (Phi) is 9.29. The zero-order valence-corrected chi connectivity index (χ0v) is 28.1. The lowest BCUT2D eigenvalue weighted by Gasteiger charge is -2.35. The summed E-state index contributed by atoms with van der Waals surface area (Å²) in [5, 5.41) is 0. The lowest BCUT2D eigenvalue weighted by atomic mass is 9.87. The van der Waals surface area contributed by atoms with Crippen molar-refractivity contribution < 1.29 is 22.7 Å². The van der Waals surface area contributed by atoms with Gasteiger partial charge in [0.25, 0.3) is 15.9 Å². The molecule has 4 bridgehead atoms. The number of nitrogens with zero attached hydrogens (tertiary/aromatic N) is 5. The van der Waals surface area contributed by atoms with Gasteiger partial charge in [-0.2, -0.15) is 4.98 Å². The van der Waals surface area contributed by atoms with E-state index in [1.807, 2.05) is 45.9 Å². The fraction of sp³-hybridized carbons (Fsp3) is 0.382. The lowest BCUT2D eigenvalue weighted by Crippen LogP contribution is -2.45. The number of anilines is 1. The van der Waals surface area contributed by atoms with E-state index >= 15 is 0 Å². The summed E-state index contributed by atoms with van der Waals surface area (Å²) in [5.41, 5.74) is 3.81. The van der Waals surface area contributed by atoms with Crippen molar-refractivity contribution in [3.63, 3.8) is 0 Å². The molecule has 1 N–H and O–H groups in total. The van der Waals surface area contributed by atoms with E-state index in [1.54, 1.807) is 29.3 Å². The van der Waals surface area contributed by atoms with Crippen LogP contribution >= 0.6 is 0 Å². The minimum atomic E-state index is -4.18. The monoisotopic (exact) mass is 644 g/mol. The van der Waals surface area contributed by atoms with Crippen LogP contribution in [-0.2, 0) is 16.6 Å². The minimum absolute atomic E-state index is 0.0771. The Balaban J connectivity index is 1.66. The molecule has 2 aromatic heterocycles. The molecule has 0 radical (unpaired) electrons. The first-order valence-corrected chi connectivity index (χ1v) is 16.7. The van der Waals surface area contributed by atoms with Gasteiger partial charge in [-0.3, -0.25) is 9.78 Å². The van der Waals surface area contributed by atoms with E-state index in [1.165, 1.54) is 18.3 Å². The van der Waals surface area contributed by atoms with E-state index in [4.69, 9.17) is 9.47 Å². The molecule has 3 heterocycles. The Hall–Kier alpha value is -4.58. The zero-order valence-electron chi connectivity index (χ0n) is 27.2. The van der Waals surface area contributed by atoms with E-state index in [2.05, 4.69) is 45.4 Å². The molecule has 0 unspecified atom stereocenters.